The topological polar surface area (TPSA) is 38.5 Å². The van der Waals surface area contributed by atoms with Crippen LogP contribution < -0.4 is 0 Å². The molecule has 0 saturated carbocycles. The average molecular weight is 349 g/mol. The first-order valence-corrected chi connectivity index (χ1v) is 9.03. The standard InChI is InChI=1S/C19H25ClN2O2/c1-14(2)13-23-15-7-9-22(10-8-15)12-19-21-11-18(24-19)16-5-3-4-6-17(16)20/h3-6,11,14-15H,7-10,12-13H2,1-2H3. The van der Waals surface area contributed by atoms with E-state index in [2.05, 4.69) is 23.7 Å². The number of ether oxygens (including phenoxy) is 1. The van der Waals surface area contributed by atoms with Crippen molar-refractivity contribution in [1.82, 2.24) is 9.88 Å². The Morgan fingerprint density at radius 2 is 2.04 bits per heavy atom. The number of nitrogens with zero attached hydrogens (tertiary/aromatic N) is 2. The van der Waals surface area contributed by atoms with Crippen LogP contribution in [0.15, 0.2) is 34.9 Å². The molecule has 4 nitrogen and oxygen atoms in total. The summed E-state index contributed by atoms with van der Waals surface area (Å²) in [5, 5.41) is 0.684. The Morgan fingerprint density at radius 3 is 2.75 bits per heavy atom. The highest BCUT2D eigenvalue weighted by atomic mass is 35.5. The van der Waals surface area contributed by atoms with Crippen molar-refractivity contribution in [2.24, 2.45) is 5.92 Å². The molecule has 0 atom stereocenters. The summed E-state index contributed by atoms with van der Waals surface area (Å²) in [5.74, 6) is 2.07. The molecular weight excluding hydrogens is 324 g/mol. The Hall–Kier alpha value is -1.36. The molecule has 3 rings (SSSR count). The van der Waals surface area contributed by atoms with Crippen LogP contribution in [-0.2, 0) is 11.3 Å². The zero-order valence-corrected chi connectivity index (χ0v) is 15.1. The van der Waals surface area contributed by atoms with Gasteiger partial charge in [-0.25, -0.2) is 4.98 Å². The Bertz CT molecular complexity index is 648. The molecule has 1 aromatic heterocycles. The Balaban J connectivity index is 1.52. The van der Waals surface area contributed by atoms with Crippen LogP contribution in [0.2, 0.25) is 5.02 Å². The quantitative estimate of drug-likeness (QED) is 0.762. The molecule has 0 unspecified atom stereocenters. The lowest BCUT2D eigenvalue weighted by Crippen LogP contribution is -2.37. The molecule has 5 heteroatoms. The molecule has 0 aliphatic carbocycles. The Morgan fingerprint density at radius 1 is 1.29 bits per heavy atom. The molecule has 1 saturated heterocycles. The first kappa shape index (κ1) is 17.5. The summed E-state index contributed by atoms with van der Waals surface area (Å²) in [6.07, 6.45) is 4.30. The summed E-state index contributed by atoms with van der Waals surface area (Å²) in [4.78, 5) is 6.78. The van der Waals surface area contributed by atoms with Crippen LogP contribution in [0.4, 0.5) is 0 Å². The van der Waals surface area contributed by atoms with E-state index >= 15 is 0 Å². The Labute approximate surface area is 148 Å². The molecule has 1 aliphatic rings. The first-order chi connectivity index (χ1) is 11.6. The van der Waals surface area contributed by atoms with Gasteiger partial charge < -0.3 is 9.15 Å². The lowest BCUT2D eigenvalue weighted by Gasteiger charge is -2.31. The van der Waals surface area contributed by atoms with Crippen LogP contribution in [0.1, 0.15) is 32.6 Å². The summed E-state index contributed by atoms with van der Waals surface area (Å²) in [5.41, 5.74) is 0.888. The van der Waals surface area contributed by atoms with Crippen molar-refractivity contribution in [3.63, 3.8) is 0 Å². The minimum Gasteiger partial charge on any atom is -0.439 e. The number of aromatic nitrogens is 1. The second kappa shape index (κ2) is 8.15. The summed E-state index contributed by atoms with van der Waals surface area (Å²) in [6, 6.07) is 7.67. The van der Waals surface area contributed by atoms with Gasteiger partial charge in [0.05, 0.1) is 23.9 Å². The van der Waals surface area contributed by atoms with Gasteiger partial charge in [0.1, 0.15) is 0 Å². The van der Waals surface area contributed by atoms with E-state index < -0.39 is 0 Å². The fourth-order valence-electron chi connectivity index (χ4n) is 2.92. The number of rotatable bonds is 6. The van der Waals surface area contributed by atoms with Crippen LogP contribution in [0.5, 0.6) is 0 Å². The smallest absolute Gasteiger partial charge is 0.209 e. The zero-order valence-electron chi connectivity index (χ0n) is 14.4. The number of halogens is 1. The van der Waals surface area contributed by atoms with Crippen molar-refractivity contribution < 1.29 is 9.15 Å². The third-order valence-corrected chi connectivity index (χ3v) is 4.58. The molecule has 0 radical (unpaired) electrons. The third-order valence-electron chi connectivity index (χ3n) is 4.25. The molecule has 24 heavy (non-hydrogen) atoms. The number of hydrogen-bond donors (Lipinski definition) is 0. The average Bonchev–Trinajstić information content (AvgIpc) is 3.03. The third kappa shape index (κ3) is 4.59. The normalized spacial score (nSPS) is 16.8. The summed E-state index contributed by atoms with van der Waals surface area (Å²) in [6.45, 7) is 8.01. The van der Waals surface area contributed by atoms with Gasteiger partial charge in [-0.05, 0) is 30.9 Å². The fourth-order valence-corrected chi connectivity index (χ4v) is 3.15. The van der Waals surface area contributed by atoms with E-state index in [1.807, 2.05) is 24.3 Å². The Kier molecular flexibility index (Phi) is 5.93. The molecule has 1 aliphatic heterocycles. The van der Waals surface area contributed by atoms with Gasteiger partial charge in [0.15, 0.2) is 5.76 Å². The van der Waals surface area contributed by atoms with Crippen molar-refractivity contribution >= 4 is 11.6 Å². The van der Waals surface area contributed by atoms with E-state index in [0.29, 0.717) is 17.0 Å². The van der Waals surface area contributed by atoms with Gasteiger partial charge >= 0.3 is 0 Å². The molecule has 2 aromatic rings. The highest BCUT2D eigenvalue weighted by molar-refractivity contribution is 6.33. The molecule has 0 bridgehead atoms. The van der Waals surface area contributed by atoms with Crippen LogP contribution in [-0.4, -0.2) is 35.7 Å². The van der Waals surface area contributed by atoms with Crippen LogP contribution >= 0.6 is 11.6 Å². The van der Waals surface area contributed by atoms with Crippen molar-refractivity contribution in [2.45, 2.75) is 39.3 Å². The van der Waals surface area contributed by atoms with Gasteiger partial charge in [-0.2, -0.15) is 0 Å². The summed E-state index contributed by atoms with van der Waals surface area (Å²) < 4.78 is 11.8. The lowest BCUT2D eigenvalue weighted by molar-refractivity contribution is -0.00707. The lowest BCUT2D eigenvalue weighted by atomic mass is 10.1. The van der Waals surface area contributed by atoms with Gasteiger partial charge in [-0.15, -0.1) is 0 Å². The second-order valence-electron chi connectivity index (χ2n) is 6.80. The SMILES string of the molecule is CC(C)COC1CCN(Cc2ncc(-c3ccccc3Cl)o2)CC1. The molecule has 130 valence electrons. The van der Waals surface area contributed by atoms with Gasteiger partial charge in [-0.1, -0.05) is 37.6 Å². The predicted octanol–water partition coefficient (Wildman–Crippen LogP) is 4.63. The van der Waals surface area contributed by atoms with E-state index in [1.165, 1.54) is 0 Å². The van der Waals surface area contributed by atoms with Crippen LogP contribution in [0, 0.1) is 5.92 Å². The highest BCUT2D eigenvalue weighted by Crippen LogP contribution is 2.28. The maximum Gasteiger partial charge on any atom is 0.209 e. The summed E-state index contributed by atoms with van der Waals surface area (Å²) >= 11 is 6.22. The number of hydrogen-bond acceptors (Lipinski definition) is 4. The fraction of sp³-hybridized carbons (Fsp3) is 0.526. The minimum atomic E-state index is 0.395. The maximum atomic E-state index is 6.22. The van der Waals surface area contributed by atoms with E-state index in [-0.39, 0.29) is 0 Å². The van der Waals surface area contributed by atoms with Crippen molar-refractivity contribution in [1.29, 1.82) is 0 Å². The monoisotopic (exact) mass is 348 g/mol. The zero-order chi connectivity index (χ0) is 16.9. The molecule has 0 spiro atoms. The number of piperidine rings is 1. The minimum absolute atomic E-state index is 0.395. The van der Waals surface area contributed by atoms with Gasteiger partial charge in [0, 0.05) is 25.3 Å². The molecule has 2 heterocycles. The van der Waals surface area contributed by atoms with E-state index in [4.69, 9.17) is 20.8 Å². The number of likely N-dealkylation sites (tertiary alicyclic amines) is 1. The van der Waals surface area contributed by atoms with Crippen molar-refractivity contribution in [2.75, 3.05) is 19.7 Å². The van der Waals surface area contributed by atoms with Gasteiger partial charge in [0.25, 0.3) is 0 Å². The molecule has 1 aromatic carbocycles. The van der Waals surface area contributed by atoms with E-state index in [9.17, 15) is 0 Å². The van der Waals surface area contributed by atoms with Crippen LogP contribution in [0.3, 0.4) is 0 Å². The highest BCUT2D eigenvalue weighted by Gasteiger charge is 2.21. The number of oxazole rings is 1. The maximum absolute atomic E-state index is 6.22. The van der Waals surface area contributed by atoms with Crippen LogP contribution in [0.25, 0.3) is 11.3 Å². The first-order valence-electron chi connectivity index (χ1n) is 8.65. The van der Waals surface area contributed by atoms with Gasteiger partial charge in [-0.3, -0.25) is 4.90 Å². The molecule has 0 N–H and O–H groups in total. The second-order valence-corrected chi connectivity index (χ2v) is 7.21. The predicted molar refractivity (Wildman–Crippen MR) is 96.0 cm³/mol. The largest absolute Gasteiger partial charge is 0.439 e. The van der Waals surface area contributed by atoms with Crippen molar-refractivity contribution in [3.05, 3.63) is 41.4 Å². The van der Waals surface area contributed by atoms with E-state index in [0.717, 1.165) is 56.3 Å². The molecule has 0 amide bonds. The van der Waals surface area contributed by atoms with Gasteiger partial charge in [0.2, 0.25) is 5.89 Å². The number of benzene rings is 1. The van der Waals surface area contributed by atoms with E-state index in [1.54, 1.807) is 6.20 Å². The molecule has 1 fully saturated rings. The molecular formula is C19H25ClN2O2. The van der Waals surface area contributed by atoms with Crippen molar-refractivity contribution in [3.8, 4) is 11.3 Å². The summed E-state index contributed by atoms with van der Waals surface area (Å²) in [7, 11) is 0.